The smallest absolute Gasteiger partial charge is 0.326 e. The molecule has 2 N–H and O–H groups in total. The monoisotopic (exact) mass is 296 g/mol. The summed E-state index contributed by atoms with van der Waals surface area (Å²) in [6, 6.07) is 19.0. The first-order chi connectivity index (χ1) is 10.7. The van der Waals surface area contributed by atoms with Gasteiger partial charge < -0.3 is 10.4 Å². The third-order valence-electron chi connectivity index (χ3n) is 4.14. The standard InChI is InChI=1S/C18H20N2O2/c21-14-18(11-12-18)13-19-17(22)20(15-7-3-1-4-8-15)16-9-5-2-6-10-16/h1-10,21H,11-14H2,(H,19,22). The number of aliphatic hydroxyl groups is 1. The fourth-order valence-corrected chi connectivity index (χ4v) is 2.45. The van der Waals surface area contributed by atoms with Crippen LogP contribution in [0.2, 0.25) is 0 Å². The first-order valence-corrected chi connectivity index (χ1v) is 7.53. The molecule has 2 amide bonds. The lowest BCUT2D eigenvalue weighted by molar-refractivity contribution is 0.205. The van der Waals surface area contributed by atoms with Gasteiger partial charge in [0.2, 0.25) is 0 Å². The Hall–Kier alpha value is -2.33. The number of anilines is 2. The Balaban J connectivity index is 1.81. The Morgan fingerprint density at radius 2 is 1.50 bits per heavy atom. The largest absolute Gasteiger partial charge is 0.396 e. The molecule has 0 radical (unpaired) electrons. The van der Waals surface area contributed by atoms with Gasteiger partial charge in [-0.25, -0.2) is 4.79 Å². The molecule has 114 valence electrons. The van der Waals surface area contributed by atoms with E-state index in [1.54, 1.807) is 4.90 Å². The summed E-state index contributed by atoms with van der Waals surface area (Å²) < 4.78 is 0. The predicted octanol–water partition coefficient (Wildman–Crippen LogP) is 3.31. The van der Waals surface area contributed by atoms with Crippen molar-refractivity contribution < 1.29 is 9.90 Å². The first kappa shape index (κ1) is 14.6. The number of nitrogens with one attached hydrogen (secondary N) is 1. The van der Waals surface area contributed by atoms with Gasteiger partial charge in [0.15, 0.2) is 0 Å². The maximum atomic E-state index is 12.7. The summed E-state index contributed by atoms with van der Waals surface area (Å²) in [7, 11) is 0. The second-order valence-electron chi connectivity index (χ2n) is 5.82. The van der Waals surface area contributed by atoms with Crippen molar-refractivity contribution in [3.05, 3.63) is 60.7 Å². The van der Waals surface area contributed by atoms with Crippen molar-refractivity contribution in [3.63, 3.8) is 0 Å². The third kappa shape index (κ3) is 3.12. The zero-order chi connectivity index (χ0) is 15.4. The SMILES string of the molecule is O=C(NCC1(CO)CC1)N(c1ccccc1)c1ccccc1. The Bertz CT molecular complexity index is 585. The van der Waals surface area contributed by atoms with Crippen molar-refractivity contribution in [3.8, 4) is 0 Å². The average molecular weight is 296 g/mol. The maximum absolute atomic E-state index is 12.7. The molecule has 0 bridgehead atoms. The number of rotatable bonds is 5. The molecule has 0 spiro atoms. The van der Waals surface area contributed by atoms with E-state index in [1.807, 2.05) is 60.7 Å². The number of aliphatic hydroxyl groups excluding tert-OH is 1. The number of hydrogen-bond acceptors (Lipinski definition) is 2. The minimum Gasteiger partial charge on any atom is -0.396 e. The van der Waals surface area contributed by atoms with Crippen LogP contribution in [-0.2, 0) is 0 Å². The third-order valence-corrected chi connectivity index (χ3v) is 4.14. The molecule has 4 nitrogen and oxygen atoms in total. The van der Waals surface area contributed by atoms with Crippen molar-refractivity contribution >= 4 is 17.4 Å². The number of para-hydroxylation sites is 2. The van der Waals surface area contributed by atoms with Gasteiger partial charge in [-0.1, -0.05) is 36.4 Å². The van der Waals surface area contributed by atoms with E-state index in [0.717, 1.165) is 24.2 Å². The summed E-state index contributed by atoms with van der Waals surface area (Å²) in [6.45, 7) is 0.641. The van der Waals surface area contributed by atoms with Crippen LogP contribution in [0.15, 0.2) is 60.7 Å². The molecule has 1 aliphatic rings. The minimum absolute atomic E-state index is 0.102. The molecule has 0 heterocycles. The number of nitrogens with zero attached hydrogens (tertiary/aromatic N) is 1. The van der Waals surface area contributed by atoms with Crippen molar-refractivity contribution in [2.75, 3.05) is 18.1 Å². The molecule has 22 heavy (non-hydrogen) atoms. The topological polar surface area (TPSA) is 52.6 Å². The summed E-state index contributed by atoms with van der Waals surface area (Å²) in [6.07, 6.45) is 1.95. The Morgan fingerprint density at radius 1 is 1.00 bits per heavy atom. The van der Waals surface area contributed by atoms with Crippen molar-refractivity contribution in [2.24, 2.45) is 5.41 Å². The minimum atomic E-state index is -0.169. The summed E-state index contributed by atoms with van der Waals surface area (Å²) in [5, 5.41) is 12.3. The Kier molecular flexibility index (Phi) is 4.11. The lowest BCUT2D eigenvalue weighted by Gasteiger charge is -2.24. The van der Waals surface area contributed by atoms with Gasteiger partial charge in [-0.2, -0.15) is 0 Å². The number of hydrogen-bond donors (Lipinski definition) is 2. The molecule has 1 fully saturated rings. The molecule has 0 atom stereocenters. The second kappa shape index (κ2) is 6.20. The quantitative estimate of drug-likeness (QED) is 0.889. The molecular weight excluding hydrogens is 276 g/mol. The predicted molar refractivity (Wildman–Crippen MR) is 87.2 cm³/mol. The molecule has 0 saturated heterocycles. The molecule has 0 aliphatic heterocycles. The zero-order valence-electron chi connectivity index (χ0n) is 12.4. The molecular formula is C18H20N2O2. The van der Waals surface area contributed by atoms with Gasteiger partial charge in [0.05, 0.1) is 18.0 Å². The first-order valence-electron chi connectivity index (χ1n) is 7.53. The highest BCUT2D eigenvalue weighted by molar-refractivity contribution is 5.99. The van der Waals surface area contributed by atoms with E-state index in [0.29, 0.717) is 6.54 Å². The molecule has 2 aromatic carbocycles. The summed E-state index contributed by atoms with van der Waals surface area (Å²) in [5.41, 5.74) is 1.54. The molecule has 4 heteroatoms. The molecule has 2 aromatic rings. The van der Waals surface area contributed by atoms with E-state index < -0.39 is 0 Å². The summed E-state index contributed by atoms with van der Waals surface area (Å²) in [5.74, 6) is 0. The lowest BCUT2D eigenvalue weighted by atomic mass is 10.1. The molecule has 1 aliphatic carbocycles. The maximum Gasteiger partial charge on any atom is 0.326 e. The van der Waals surface area contributed by atoms with E-state index >= 15 is 0 Å². The van der Waals surface area contributed by atoms with Gasteiger partial charge in [0, 0.05) is 12.0 Å². The van der Waals surface area contributed by atoms with Crippen LogP contribution in [0.5, 0.6) is 0 Å². The van der Waals surface area contributed by atoms with E-state index in [9.17, 15) is 9.90 Å². The summed E-state index contributed by atoms with van der Waals surface area (Å²) >= 11 is 0. The van der Waals surface area contributed by atoms with Crippen molar-refractivity contribution in [2.45, 2.75) is 12.8 Å². The molecule has 0 unspecified atom stereocenters. The number of benzene rings is 2. The number of carbonyl (C=O) groups excluding carboxylic acids is 1. The van der Waals surface area contributed by atoms with Gasteiger partial charge in [0.25, 0.3) is 0 Å². The fraction of sp³-hybridized carbons (Fsp3) is 0.278. The molecule has 0 aromatic heterocycles. The van der Waals surface area contributed by atoms with Gasteiger partial charge in [-0.05, 0) is 37.1 Å². The molecule has 1 saturated carbocycles. The molecule has 3 rings (SSSR count). The van der Waals surface area contributed by atoms with E-state index in [2.05, 4.69) is 5.32 Å². The van der Waals surface area contributed by atoms with Crippen molar-refractivity contribution in [1.82, 2.24) is 5.32 Å². The number of urea groups is 1. The summed E-state index contributed by atoms with van der Waals surface area (Å²) in [4.78, 5) is 14.3. The fourth-order valence-electron chi connectivity index (χ4n) is 2.45. The van der Waals surface area contributed by atoms with Crippen LogP contribution in [0.4, 0.5) is 16.2 Å². The average Bonchev–Trinajstić information content (AvgIpc) is 3.36. The Morgan fingerprint density at radius 3 is 1.91 bits per heavy atom. The second-order valence-corrected chi connectivity index (χ2v) is 5.82. The van der Waals surface area contributed by atoms with Gasteiger partial charge >= 0.3 is 6.03 Å². The van der Waals surface area contributed by atoms with Crippen LogP contribution in [0.25, 0.3) is 0 Å². The number of carbonyl (C=O) groups is 1. The highest BCUT2D eigenvalue weighted by atomic mass is 16.3. The normalized spacial score (nSPS) is 15.1. The van der Waals surface area contributed by atoms with Gasteiger partial charge in [-0.15, -0.1) is 0 Å². The van der Waals surface area contributed by atoms with Gasteiger partial charge in [0.1, 0.15) is 0 Å². The Labute approximate surface area is 130 Å². The zero-order valence-corrected chi connectivity index (χ0v) is 12.4. The van der Waals surface area contributed by atoms with Crippen LogP contribution in [-0.4, -0.2) is 24.3 Å². The van der Waals surface area contributed by atoms with E-state index in [-0.39, 0.29) is 18.1 Å². The van der Waals surface area contributed by atoms with Gasteiger partial charge in [-0.3, -0.25) is 4.90 Å². The van der Waals surface area contributed by atoms with Crippen LogP contribution in [0.1, 0.15) is 12.8 Å². The van der Waals surface area contributed by atoms with Crippen LogP contribution >= 0.6 is 0 Å². The van der Waals surface area contributed by atoms with Crippen molar-refractivity contribution in [1.29, 1.82) is 0 Å². The highest BCUT2D eigenvalue weighted by Gasteiger charge is 2.42. The van der Waals surface area contributed by atoms with E-state index in [4.69, 9.17) is 0 Å². The van der Waals surface area contributed by atoms with Crippen LogP contribution in [0, 0.1) is 5.41 Å². The highest BCUT2D eigenvalue weighted by Crippen LogP contribution is 2.44. The van der Waals surface area contributed by atoms with Crippen LogP contribution < -0.4 is 10.2 Å². The van der Waals surface area contributed by atoms with Crippen LogP contribution in [0.3, 0.4) is 0 Å². The lowest BCUT2D eigenvalue weighted by Crippen LogP contribution is -2.40. The number of amides is 2. The van der Waals surface area contributed by atoms with E-state index in [1.165, 1.54) is 0 Å².